The van der Waals surface area contributed by atoms with Crippen LogP contribution in [0, 0.1) is 0 Å². The molecule has 192 valence electrons. The maximum atomic E-state index is 10.4. The van der Waals surface area contributed by atoms with Gasteiger partial charge in [0.2, 0.25) is 0 Å². The highest BCUT2D eigenvalue weighted by Gasteiger charge is 2.44. The summed E-state index contributed by atoms with van der Waals surface area (Å²) >= 11 is 6.42. The van der Waals surface area contributed by atoms with Crippen molar-refractivity contribution in [2.24, 2.45) is 0 Å². The van der Waals surface area contributed by atoms with Gasteiger partial charge in [0.15, 0.2) is 0 Å². The molecule has 1 aliphatic heterocycles. The van der Waals surface area contributed by atoms with Gasteiger partial charge in [-0.15, -0.1) is 0 Å². The number of nitrogens with one attached hydrogen (secondary N) is 1. The summed E-state index contributed by atoms with van der Waals surface area (Å²) in [5.74, 6) is 0.664. The first-order chi connectivity index (χ1) is 16.9. The Bertz CT molecular complexity index is 953. The topological polar surface area (TPSA) is 132 Å². The van der Waals surface area contributed by atoms with Gasteiger partial charge >= 0.3 is 0 Å². The average Bonchev–Trinajstić information content (AvgIpc) is 2.83. The van der Waals surface area contributed by atoms with E-state index in [1.54, 1.807) is 18.2 Å². The van der Waals surface area contributed by atoms with E-state index in [2.05, 4.69) is 5.32 Å². The minimum atomic E-state index is -1.44. The van der Waals surface area contributed by atoms with Crippen LogP contribution in [0.15, 0.2) is 42.5 Å². The van der Waals surface area contributed by atoms with Gasteiger partial charge < -0.3 is 40.3 Å². The van der Waals surface area contributed by atoms with E-state index in [4.69, 9.17) is 21.1 Å². The Morgan fingerprint density at radius 1 is 1.03 bits per heavy atom. The molecule has 6 N–H and O–H groups in total. The zero-order valence-electron chi connectivity index (χ0n) is 19.5. The normalized spacial score (nSPS) is 27.9. The fourth-order valence-corrected chi connectivity index (χ4v) is 4.56. The van der Waals surface area contributed by atoms with E-state index in [0.29, 0.717) is 35.3 Å². The molecular formula is C26H34ClNO7. The Morgan fingerprint density at radius 2 is 1.77 bits per heavy atom. The van der Waals surface area contributed by atoms with Crippen molar-refractivity contribution in [2.75, 3.05) is 19.8 Å². The van der Waals surface area contributed by atoms with Crippen molar-refractivity contribution in [3.8, 4) is 5.75 Å². The minimum Gasteiger partial charge on any atom is -0.491 e. The van der Waals surface area contributed by atoms with Crippen LogP contribution in [0.4, 0.5) is 0 Å². The predicted molar refractivity (Wildman–Crippen MR) is 131 cm³/mol. The lowest BCUT2D eigenvalue weighted by Crippen LogP contribution is -2.55. The van der Waals surface area contributed by atoms with E-state index >= 15 is 0 Å². The van der Waals surface area contributed by atoms with Crippen LogP contribution in [0.25, 0.3) is 0 Å². The van der Waals surface area contributed by atoms with E-state index in [-0.39, 0.29) is 6.61 Å². The maximum Gasteiger partial charge on any atom is 0.119 e. The van der Waals surface area contributed by atoms with Gasteiger partial charge in [-0.05, 0) is 54.2 Å². The van der Waals surface area contributed by atoms with Gasteiger partial charge in [-0.2, -0.15) is 0 Å². The molecule has 0 aromatic heterocycles. The van der Waals surface area contributed by atoms with Crippen LogP contribution in [-0.4, -0.2) is 81.9 Å². The molecule has 1 aliphatic carbocycles. The van der Waals surface area contributed by atoms with Gasteiger partial charge in [0.1, 0.15) is 49.0 Å². The van der Waals surface area contributed by atoms with Crippen molar-refractivity contribution in [1.29, 1.82) is 0 Å². The fourth-order valence-electron chi connectivity index (χ4n) is 4.37. The molecule has 0 radical (unpaired) electrons. The second-order valence-corrected chi connectivity index (χ2v) is 9.83. The maximum absolute atomic E-state index is 10.4. The fraction of sp³-hybridized carbons (Fsp3) is 0.538. The molecule has 9 heteroatoms. The molecule has 1 heterocycles. The summed E-state index contributed by atoms with van der Waals surface area (Å²) in [6.07, 6.45) is -2.55. The Kier molecular flexibility index (Phi) is 9.02. The summed E-state index contributed by atoms with van der Waals surface area (Å²) in [6.45, 7) is 0.252. The molecule has 0 bridgehead atoms. The minimum absolute atomic E-state index is 0.214. The third-order valence-corrected chi connectivity index (χ3v) is 7.17. The Hall–Kier alpha value is -1.75. The van der Waals surface area contributed by atoms with Crippen molar-refractivity contribution in [3.63, 3.8) is 0 Å². The zero-order valence-corrected chi connectivity index (χ0v) is 20.2. The molecule has 0 unspecified atom stereocenters. The number of hydrogen-bond acceptors (Lipinski definition) is 8. The Balaban J connectivity index is 1.36. The SMILES string of the molecule is OC[C@H]1O[C@@H](c2ccc(Cl)c(Cc3ccc(OC[C@H](O)CNC4CCC4)cc3)c2)[C@H](O)[C@@H](O)[C@@H]1O. The monoisotopic (exact) mass is 507 g/mol. The van der Waals surface area contributed by atoms with E-state index in [0.717, 1.165) is 11.1 Å². The quantitative estimate of drug-likeness (QED) is 0.284. The summed E-state index contributed by atoms with van der Waals surface area (Å²) < 4.78 is 11.4. The van der Waals surface area contributed by atoms with Gasteiger partial charge in [-0.3, -0.25) is 0 Å². The third kappa shape index (κ3) is 6.53. The smallest absolute Gasteiger partial charge is 0.119 e. The lowest BCUT2D eigenvalue weighted by molar-refractivity contribution is -0.231. The van der Waals surface area contributed by atoms with Gasteiger partial charge in [0.25, 0.3) is 0 Å². The van der Waals surface area contributed by atoms with Crippen LogP contribution in [0.5, 0.6) is 5.75 Å². The largest absolute Gasteiger partial charge is 0.491 e. The van der Waals surface area contributed by atoms with E-state index < -0.39 is 43.2 Å². The summed E-state index contributed by atoms with van der Waals surface area (Å²) in [6, 6.07) is 13.2. The van der Waals surface area contributed by atoms with Crippen molar-refractivity contribution in [2.45, 2.75) is 68.3 Å². The molecule has 2 aromatic rings. The Morgan fingerprint density at radius 3 is 2.43 bits per heavy atom. The van der Waals surface area contributed by atoms with Crippen molar-refractivity contribution in [1.82, 2.24) is 5.32 Å². The van der Waals surface area contributed by atoms with Crippen LogP contribution < -0.4 is 10.1 Å². The average molecular weight is 508 g/mol. The Labute approximate surface area is 210 Å². The molecule has 1 saturated carbocycles. The molecule has 2 aliphatic rings. The lowest BCUT2D eigenvalue weighted by Gasteiger charge is -2.40. The van der Waals surface area contributed by atoms with E-state index in [1.807, 2.05) is 24.3 Å². The third-order valence-electron chi connectivity index (χ3n) is 6.80. The summed E-state index contributed by atoms with van der Waals surface area (Å²) in [7, 11) is 0. The van der Waals surface area contributed by atoms with Crippen molar-refractivity contribution >= 4 is 11.6 Å². The molecular weight excluding hydrogens is 474 g/mol. The number of aliphatic hydroxyl groups is 5. The van der Waals surface area contributed by atoms with Gasteiger partial charge in [-0.1, -0.05) is 42.3 Å². The van der Waals surface area contributed by atoms with Crippen molar-refractivity contribution in [3.05, 3.63) is 64.2 Å². The molecule has 35 heavy (non-hydrogen) atoms. The van der Waals surface area contributed by atoms with Crippen molar-refractivity contribution < 1.29 is 35.0 Å². The van der Waals surface area contributed by atoms with Crippen LogP contribution in [0.2, 0.25) is 5.02 Å². The number of benzene rings is 2. The number of halogens is 1. The molecule has 0 amide bonds. The number of ether oxygens (including phenoxy) is 2. The molecule has 2 aromatic carbocycles. The van der Waals surface area contributed by atoms with Gasteiger partial charge in [0.05, 0.1) is 6.61 Å². The number of rotatable bonds is 10. The first-order valence-electron chi connectivity index (χ1n) is 12.1. The highest BCUT2D eigenvalue weighted by Crippen LogP contribution is 2.34. The molecule has 1 saturated heterocycles. The van der Waals surface area contributed by atoms with Gasteiger partial charge in [-0.25, -0.2) is 0 Å². The first-order valence-corrected chi connectivity index (χ1v) is 12.5. The first kappa shape index (κ1) is 26.3. The highest BCUT2D eigenvalue weighted by molar-refractivity contribution is 6.31. The molecule has 4 rings (SSSR count). The molecule has 2 fully saturated rings. The molecule has 6 atom stereocenters. The zero-order chi connectivity index (χ0) is 24.9. The van der Waals surface area contributed by atoms with E-state index in [1.165, 1.54) is 19.3 Å². The summed E-state index contributed by atoms with van der Waals surface area (Å²) in [4.78, 5) is 0. The second-order valence-electron chi connectivity index (χ2n) is 9.42. The van der Waals surface area contributed by atoms with E-state index in [9.17, 15) is 25.5 Å². The summed E-state index contributed by atoms with van der Waals surface area (Å²) in [5.41, 5.74) is 2.37. The lowest BCUT2D eigenvalue weighted by atomic mass is 9.90. The van der Waals surface area contributed by atoms with Crippen LogP contribution in [0.3, 0.4) is 0 Å². The van der Waals surface area contributed by atoms with Crippen LogP contribution in [-0.2, 0) is 11.2 Å². The van der Waals surface area contributed by atoms with Crippen LogP contribution >= 0.6 is 11.6 Å². The summed E-state index contributed by atoms with van der Waals surface area (Å²) in [5, 5.41) is 54.0. The van der Waals surface area contributed by atoms with Gasteiger partial charge in [0, 0.05) is 17.6 Å². The molecule has 8 nitrogen and oxygen atoms in total. The molecule has 0 spiro atoms. The predicted octanol–water partition coefficient (Wildman–Crippen LogP) is 1.33. The highest BCUT2D eigenvalue weighted by atomic mass is 35.5. The second kappa shape index (κ2) is 12.0. The number of aliphatic hydroxyl groups excluding tert-OH is 5. The number of hydrogen-bond donors (Lipinski definition) is 6. The van der Waals surface area contributed by atoms with Crippen LogP contribution in [0.1, 0.15) is 42.1 Å². The standard InChI is InChI=1S/C26H34ClNO7/c27-21-9-6-16(26-25(33)24(32)23(31)22(13-29)35-26)11-17(21)10-15-4-7-20(8-5-15)34-14-19(30)12-28-18-2-1-3-18/h4-9,11,18-19,22-26,28-33H,1-3,10,12-14H2/t19-,22-,23-,24+,25-,26+/m1/s1.